The van der Waals surface area contributed by atoms with Crippen molar-refractivity contribution in [3.8, 4) is 11.5 Å². The molecule has 1 aliphatic heterocycles. The Morgan fingerprint density at radius 3 is 2.55 bits per heavy atom. The summed E-state index contributed by atoms with van der Waals surface area (Å²) in [5.74, 6) is 1.42. The molecule has 0 saturated heterocycles. The monoisotopic (exact) mass is 421 g/mol. The first-order valence-electron chi connectivity index (χ1n) is 6.23. The van der Waals surface area contributed by atoms with Gasteiger partial charge in [0, 0.05) is 17.5 Å². The Balaban J connectivity index is 1.99. The van der Waals surface area contributed by atoms with E-state index in [1.807, 2.05) is 6.07 Å². The summed E-state index contributed by atoms with van der Waals surface area (Å²) in [5.41, 5.74) is 8.26. The summed E-state index contributed by atoms with van der Waals surface area (Å²) in [7, 11) is 0. The van der Waals surface area contributed by atoms with Gasteiger partial charge in [0.25, 0.3) is 0 Å². The lowest BCUT2D eigenvalue weighted by atomic mass is 10.0. The summed E-state index contributed by atoms with van der Waals surface area (Å²) in [5, 5.41) is 2.68. The molecule has 20 heavy (non-hydrogen) atoms. The van der Waals surface area contributed by atoms with Gasteiger partial charge in [0.15, 0.2) is 11.5 Å². The summed E-state index contributed by atoms with van der Waals surface area (Å²) < 4.78 is 12.5. The van der Waals surface area contributed by atoms with E-state index >= 15 is 0 Å². The predicted octanol–water partition coefficient (Wildman–Crippen LogP) is 4.22. The molecule has 0 radical (unpaired) electrons. The zero-order chi connectivity index (χ0) is 14.1. The highest BCUT2D eigenvalue weighted by Gasteiger charge is 2.19. The van der Waals surface area contributed by atoms with Gasteiger partial charge in [-0.2, -0.15) is 0 Å². The predicted molar refractivity (Wildman–Crippen MR) is 90.1 cm³/mol. The van der Waals surface area contributed by atoms with Crippen LogP contribution < -0.4 is 15.2 Å². The highest BCUT2D eigenvalue weighted by Crippen LogP contribution is 2.39. The number of hydrogen-bond donors (Lipinski definition) is 1. The molecule has 1 aromatic heterocycles. The van der Waals surface area contributed by atoms with Crippen molar-refractivity contribution in [1.82, 2.24) is 0 Å². The van der Waals surface area contributed by atoms with Crippen LogP contribution in [0.15, 0.2) is 23.6 Å². The van der Waals surface area contributed by atoms with Crippen molar-refractivity contribution < 1.29 is 9.47 Å². The SMILES string of the molecule is NC(c1csc(I)c1)c1cc2c(cc1Cl)OCCCO2. The molecular formula is C14H13ClINO2S. The molecule has 2 heterocycles. The first kappa shape index (κ1) is 14.4. The molecule has 0 spiro atoms. The number of halogens is 2. The minimum absolute atomic E-state index is 0.251. The number of thiophene rings is 1. The Morgan fingerprint density at radius 2 is 1.90 bits per heavy atom. The quantitative estimate of drug-likeness (QED) is 0.739. The van der Waals surface area contributed by atoms with Crippen LogP contribution in [-0.4, -0.2) is 13.2 Å². The second kappa shape index (κ2) is 6.09. The minimum atomic E-state index is -0.251. The normalized spacial score (nSPS) is 15.8. The van der Waals surface area contributed by atoms with E-state index in [0.717, 1.165) is 23.3 Å². The number of nitrogens with two attached hydrogens (primary N) is 1. The largest absolute Gasteiger partial charge is 0.490 e. The van der Waals surface area contributed by atoms with E-state index in [1.165, 1.54) is 2.88 Å². The lowest BCUT2D eigenvalue weighted by molar-refractivity contribution is 0.297. The van der Waals surface area contributed by atoms with Gasteiger partial charge in [-0.05, 0) is 51.2 Å². The van der Waals surface area contributed by atoms with Crippen molar-refractivity contribution in [3.63, 3.8) is 0 Å². The molecule has 0 fully saturated rings. The van der Waals surface area contributed by atoms with Crippen LogP contribution in [0.3, 0.4) is 0 Å². The zero-order valence-corrected chi connectivity index (χ0v) is 14.3. The lowest BCUT2D eigenvalue weighted by Crippen LogP contribution is -2.12. The highest BCUT2D eigenvalue weighted by molar-refractivity contribution is 14.1. The molecule has 2 N–H and O–H groups in total. The van der Waals surface area contributed by atoms with Crippen LogP contribution in [0.1, 0.15) is 23.6 Å². The molecule has 6 heteroatoms. The fraction of sp³-hybridized carbons (Fsp3) is 0.286. The summed E-state index contributed by atoms with van der Waals surface area (Å²) in [6.45, 7) is 1.30. The first-order valence-corrected chi connectivity index (χ1v) is 8.57. The number of rotatable bonds is 2. The van der Waals surface area contributed by atoms with E-state index in [9.17, 15) is 0 Å². The third kappa shape index (κ3) is 2.90. The number of ether oxygens (including phenoxy) is 2. The van der Waals surface area contributed by atoms with Crippen LogP contribution in [0.4, 0.5) is 0 Å². The van der Waals surface area contributed by atoms with Crippen LogP contribution in [0.5, 0.6) is 11.5 Å². The lowest BCUT2D eigenvalue weighted by Gasteiger charge is -2.16. The minimum Gasteiger partial charge on any atom is -0.490 e. The number of fused-ring (bicyclic) bond motifs is 1. The second-order valence-corrected chi connectivity index (χ2v) is 7.75. The second-order valence-electron chi connectivity index (χ2n) is 4.53. The van der Waals surface area contributed by atoms with E-state index < -0.39 is 0 Å². The summed E-state index contributed by atoms with van der Waals surface area (Å²) in [4.78, 5) is 0. The molecule has 3 rings (SSSR count). The van der Waals surface area contributed by atoms with Gasteiger partial charge in [-0.1, -0.05) is 11.6 Å². The number of benzene rings is 1. The van der Waals surface area contributed by atoms with Gasteiger partial charge in [-0.15, -0.1) is 11.3 Å². The third-order valence-electron chi connectivity index (χ3n) is 3.15. The van der Waals surface area contributed by atoms with Gasteiger partial charge in [0.1, 0.15) is 0 Å². The highest BCUT2D eigenvalue weighted by atomic mass is 127. The van der Waals surface area contributed by atoms with E-state index in [4.69, 9.17) is 26.8 Å². The Bertz CT molecular complexity index is 632. The Labute approximate surface area is 140 Å². The smallest absolute Gasteiger partial charge is 0.162 e. The van der Waals surface area contributed by atoms with Crippen LogP contribution in [0.2, 0.25) is 5.02 Å². The average molecular weight is 422 g/mol. The van der Waals surface area contributed by atoms with Gasteiger partial charge in [0.05, 0.1) is 22.1 Å². The Hall–Kier alpha value is -0.500. The van der Waals surface area contributed by atoms with E-state index in [2.05, 4.69) is 34.0 Å². The van der Waals surface area contributed by atoms with E-state index in [0.29, 0.717) is 24.0 Å². The van der Waals surface area contributed by atoms with Crippen molar-refractivity contribution in [1.29, 1.82) is 0 Å². The molecule has 0 bridgehead atoms. The maximum atomic E-state index is 6.35. The van der Waals surface area contributed by atoms with Gasteiger partial charge in [0.2, 0.25) is 0 Å². The maximum Gasteiger partial charge on any atom is 0.162 e. The third-order valence-corrected chi connectivity index (χ3v) is 5.28. The van der Waals surface area contributed by atoms with Crippen LogP contribution in [0, 0.1) is 2.88 Å². The zero-order valence-electron chi connectivity index (χ0n) is 10.6. The Morgan fingerprint density at radius 1 is 1.20 bits per heavy atom. The fourth-order valence-electron chi connectivity index (χ4n) is 2.10. The molecule has 1 atom stereocenters. The number of hydrogen-bond acceptors (Lipinski definition) is 4. The van der Waals surface area contributed by atoms with E-state index in [-0.39, 0.29) is 6.04 Å². The average Bonchev–Trinajstić information content (AvgIpc) is 2.73. The van der Waals surface area contributed by atoms with Crippen molar-refractivity contribution in [2.45, 2.75) is 12.5 Å². The van der Waals surface area contributed by atoms with Gasteiger partial charge >= 0.3 is 0 Å². The van der Waals surface area contributed by atoms with Crippen molar-refractivity contribution in [2.75, 3.05) is 13.2 Å². The molecule has 1 unspecified atom stereocenters. The van der Waals surface area contributed by atoms with Gasteiger partial charge in [-0.3, -0.25) is 0 Å². The summed E-state index contributed by atoms with van der Waals surface area (Å²) in [6.07, 6.45) is 0.871. The van der Waals surface area contributed by atoms with Crippen molar-refractivity contribution in [3.05, 3.63) is 42.6 Å². The maximum absolute atomic E-state index is 6.35. The molecule has 0 saturated carbocycles. The van der Waals surface area contributed by atoms with E-state index in [1.54, 1.807) is 17.4 Å². The standard InChI is InChI=1S/C14H13ClINO2S/c15-10-6-12-11(18-2-1-3-19-12)5-9(10)14(17)8-4-13(16)20-7-8/h4-7,14H,1-3,17H2. The molecular weight excluding hydrogens is 409 g/mol. The van der Waals surface area contributed by atoms with Gasteiger partial charge < -0.3 is 15.2 Å². The van der Waals surface area contributed by atoms with Crippen molar-refractivity contribution in [2.24, 2.45) is 5.73 Å². The van der Waals surface area contributed by atoms with Crippen LogP contribution in [0.25, 0.3) is 0 Å². The molecule has 0 amide bonds. The van der Waals surface area contributed by atoms with Crippen LogP contribution in [-0.2, 0) is 0 Å². The van der Waals surface area contributed by atoms with Gasteiger partial charge in [-0.25, -0.2) is 0 Å². The molecule has 0 aliphatic carbocycles. The molecule has 106 valence electrons. The molecule has 3 nitrogen and oxygen atoms in total. The topological polar surface area (TPSA) is 44.5 Å². The van der Waals surface area contributed by atoms with Crippen LogP contribution >= 0.6 is 45.5 Å². The molecule has 1 aliphatic rings. The Kier molecular flexibility index (Phi) is 4.40. The summed E-state index contributed by atoms with van der Waals surface area (Å²) in [6, 6.07) is 5.53. The fourth-order valence-corrected chi connectivity index (χ4v) is 3.78. The summed E-state index contributed by atoms with van der Waals surface area (Å²) >= 11 is 10.3. The van der Waals surface area contributed by atoms with Crippen molar-refractivity contribution >= 4 is 45.5 Å². The molecule has 2 aromatic rings. The first-order chi connectivity index (χ1) is 9.65. The molecule has 1 aromatic carbocycles.